The highest BCUT2D eigenvalue weighted by molar-refractivity contribution is 5.80. The van der Waals surface area contributed by atoms with Gasteiger partial charge in [-0.25, -0.2) is 23.1 Å². The van der Waals surface area contributed by atoms with Crippen LogP contribution in [-0.2, 0) is 18.3 Å². The largest absolute Gasteiger partial charge is 0.364 e. The summed E-state index contributed by atoms with van der Waals surface area (Å²) in [7, 11) is -4.94. The van der Waals surface area contributed by atoms with E-state index in [4.69, 9.17) is 23.1 Å². The third-order valence-corrected chi connectivity index (χ3v) is 5.52. The zero-order chi connectivity index (χ0) is 23.0. The molecule has 4 rings (SSSR count). The lowest BCUT2D eigenvalue weighted by Crippen LogP contribution is -2.68. The Kier molecular flexibility index (Phi) is 6.56. The Hall–Kier alpha value is -2.28. The van der Waals surface area contributed by atoms with Crippen LogP contribution in [0.15, 0.2) is 52.9 Å². The van der Waals surface area contributed by atoms with Crippen molar-refractivity contribution in [2.75, 3.05) is 0 Å². The molecule has 2 aromatic carbocycles. The summed E-state index contributed by atoms with van der Waals surface area (Å²) in [4.78, 5) is 0. The first-order valence-corrected chi connectivity index (χ1v) is 11.4. The zero-order valence-electron chi connectivity index (χ0n) is 18.5. The van der Waals surface area contributed by atoms with Crippen LogP contribution in [0.1, 0.15) is 48.8 Å². The summed E-state index contributed by atoms with van der Waals surface area (Å²) in [6.07, 6.45) is 2.12. The number of hydrogen-bond acceptors (Lipinski definition) is 4. The fraction of sp³-hybridized carbons (Fsp3) is 0.320. The zero-order valence-corrected chi connectivity index (χ0v) is 19.2. The van der Waals surface area contributed by atoms with E-state index in [9.17, 15) is 0 Å². The van der Waals surface area contributed by atoms with Crippen LogP contribution in [0.3, 0.4) is 0 Å². The lowest BCUT2D eigenvalue weighted by Gasteiger charge is -2.21. The molecule has 0 saturated heterocycles. The van der Waals surface area contributed by atoms with Crippen LogP contribution >= 0.6 is 0 Å². The Morgan fingerprint density at radius 3 is 1.94 bits per heavy atom. The van der Waals surface area contributed by atoms with Crippen molar-refractivity contribution < 1.29 is 33.3 Å². The van der Waals surface area contributed by atoms with Gasteiger partial charge in [0.05, 0.1) is 16.5 Å². The standard InChI is InChI=1S/C25H27O.ClHO4/c1-16-11-12-17(2)23-19(16)13-14-20-21(18-9-7-6-8-10-18)15-22(25(3,4)5)26-24(20)23;2-1(3,4)5/h6-12,15H,13-14H2,1-5H3;(H,2,3,4,5)/q+1;/p-1. The molecule has 164 valence electrons. The average molecular weight is 443 g/mol. The van der Waals surface area contributed by atoms with E-state index in [-0.39, 0.29) is 5.41 Å². The van der Waals surface area contributed by atoms with Crippen molar-refractivity contribution in [2.24, 2.45) is 0 Å². The Balaban J connectivity index is 0.000000491. The summed E-state index contributed by atoms with van der Waals surface area (Å²) in [5, 5.41) is 0. The molecule has 0 unspecified atom stereocenters. The van der Waals surface area contributed by atoms with E-state index in [1.807, 2.05) is 0 Å². The molecule has 0 spiro atoms. The minimum Gasteiger partial charge on any atom is -0.222 e. The molecule has 0 aliphatic heterocycles. The van der Waals surface area contributed by atoms with E-state index < -0.39 is 10.2 Å². The van der Waals surface area contributed by atoms with Crippen molar-refractivity contribution in [3.63, 3.8) is 0 Å². The van der Waals surface area contributed by atoms with Gasteiger partial charge in [-0.05, 0) is 69.7 Å². The summed E-state index contributed by atoms with van der Waals surface area (Å²) >= 11 is 0. The average Bonchev–Trinajstić information content (AvgIpc) is 2.68. The van der Waals surface area contributed by atoms with Crippen molar-refractivity contribution in [3.8, 4) is 22.5 Å². The van der Waals surface area contributed by atoms with Gasteiger partial charge in [-0.1, -0.05) is 42.5 Å². The monoisotopic (exact) mass is 442 g/mol. The summed E-state index contributed by atoms with van der Waals surface area (Å²) in [6.45, 7) is 11.1. The maximum Gasteiger partial charge on any atom is 0.364 e. The lowest BCUT2D eigenvalue weighted by atomic mass is 9.81. The van der Waals surface area contributed by atoms with E-state index in [1.165, 1.54) is 38.9 Å². The third kappa shape index (κ3) is 5.50. The van der Waals surface area contributed by atoms with Crippen LogP contribution < -0.4 is 18.6 Å². The number of benzene rings is 2. The first kappa shape index (κ1) is 23.4. The van der Waals surface area contributed by atoms with Gasteiger partial charge in [-0.3, -0.25) is 0 Å². The molecule has 1 aromatic heterocycles. The minimum absolute atomic E-state index is 0.0338. The molecule has 6 heteroatoms. The van der Waals surface area contributed by atoms with Crippen LogP contribution in [0.2, 0.25) is 0 Å². The van der Waals surface area contributed by atoms with Crippen LogP contribution in [0, 0.1) is 24.1 Å². The third-order valence-electron chi connectivity index (χ3n) is 5.52. The number of fused-ring (bicyclic) bond motifs is 3. The van der Waals surface area contributed by atoms with Gasteiger partial charge in [0.15, 0.2) is 0 Å². The maximum atomic E-state index is 8.49. The molecule has 1 aliphatic carbocycles. The first-order chi connectivity index (χ1) is 14.4. The van der Waals surface area contributed by atoms with Crippen molar-refractivity contribution in [2.45, 2.75) is 52.9 Å². The molecular weight excluding hydrogens is 416 g/mol. The van der Waals surface area contributed by atoms with Crippen molar-refractivity contribution in [1.29, 1.82) is 0 Å². The predicted molar refractivity (Wildman–Crippen MR) is 110 cm³/mol. The van der Waals surface area contributed by atoms with Crippen molar-refractivity contribution >= 4 is 0 Å². The lowest BCUT2D eigenvalue weighted by molar-refractivity contribution is -2.00. The highest BCUT2D eigenvalue weighted by Gasteiger charge is 2.36. The van der Waals surface area contributed by atoms with Crippen LogP contribution in [-0.4, -0.2) is 0 Å². The summed E-state index contributed by atoms with van der Waals surface area (Å²) < 4.78 is 40.6. The Labute approximate surface area is 185 Å². The molecule has 1 heterocycles. The van der Waals surface area contributed by atoms with Gasteiger partial charge >= 0.3 is 11.5 Å². The highest BCUT2D eigenvalue weighted by Crippen LogP contribution is 2.44. The summed E-state index contributed by atoms with van der Waals surface area (Å²) in [5.74, 6) is 2.13. The molecule has 0 atom stereocenters. The smallest absolute Gasteiger partial charge is 0.222 e. The Morgan fingerprint density at radius 1 is 0.806 bits per heavy atom. The number of rotatable bonds is 1. The van der Waals surface area contributed by atoms with E-state index in [0.717, 1.165) is 24.4 Å². The second kappa shape index (κ2) is 8.69. The van der Waals surface area contributed by atoms with Crippen LogP contribution in [0.5, 0.6) is 0 Å². The topological polar surface area (TPSA) is 104 Å². The normalized spacial score (nSPS) is 13.1. The number of aryl methyl sites for hydroxylation is 2. The number of halogens is 1. The molecule has 0 saturated carbocycles. The van der Waals surface area contributed by atoms with Crippen LogP contribution in [0.4, 0.5) is 0 Å². The first-order valence-electron chi connectivity index (χ1n) is 10.1. The number of hydrogen-bond donors (Lipinski definition) is 0. The van der Waals surface area contributed by atoms with Gasteiger partial charge in [0.2, 0.25) is 0 Å². The van der Waals surface area contributed by atoms with Crippen LogP contribution in [0.25, 0.3) is 22.5 Å². The van der Waals surface area contributed by atoms with E-state index in [0.29, 0.717) is 0 Å². The molecule has 0 amide bonds. The predicted octanol–water partition coefficient (Wildman–Crippen LogP) is 2.15. The fourth-order valence-corrected chi connectivity index (χ4v) is 3.99. The van der Waals surface area contributed by atoms with E-state index in [2.05, 4.69) is 83.1 Å². The molecule has 31 heavy (non-hydrogen) atoms. The Morgan fingerprint density at radius 2 is 1.35 bits per heavy atom. The fourth-order valence-electron chi connectivity index (χ4n) is 3.99. The van der Waals surface area contributed by atoms with Gasteiger partial charge < -0.3 is 0 Å². The second-order valence-corrected chi connectivity index (χ2v) is 9.63. The summed E-state index contributed by atoms with van der Waals surface area (Å²) in [5.41, 5.74) is 9.36. The summed E-state index contributed by atoms with van der Waals surface area (Å²) in [6, 6.07) is 17.5. The van der Waals surface area contributed by atoms with E-state index in [1.54, 1.807) is 0 Å². The quantitative estimate of drug-likeness (QED) is 0.537. The molecule has 0 fully saturated rings. The second-order valence-electron chi connectivity index (χ2n) is 8.88. The van der Waals surface area contributed by atoms with Crippen molar-refractivity contribution in [1.82, 2.24) is 0 Å². The Bertz CT molecular complexity index is 1070. The SMILES string of the molecule is Cc1ccc(C)c2c1CCc1c(-c3ccccc3)cc(C(C)(C)C)[o+]c1-2.[O-][Cl+3]([O-])([O-])[O-]. The van der Waals surface area contributed by atoms with Gasteiger partial charge in [0, 0.05) is 11.6 Å². The van der Waals surface area contributed by atoms with Gasteiger partial charge in [-0.15, -0.1) is 10.2 Å². The molecule has 0 radical (unpaired) electrons. The molecule has 1 aliphatic rings. The molecule has 3 aromatic rings. The van der Waals surface area contributed by atoms with Gasteiger partial charge in [-0.2, -0.15) is 0 Å². The molecular formula is C25H27ClO5. The van der Waals surface area contributed by atoms with Gasteiger partial charge in [0.1, 0.15) is 0 Å². The van der Waals surface area contributed by atoms with Crippen molar-refractivity contribution in [3.05, 3.63) is 76.5 Å². The van der Waals surface area contributed by atoms with Gasteiger partial charge in [0.25, 0.3) is 0 Å². The maximum absolute atomic E-state index is 8.49. The highest BCUT2D eigenvalue weighted by atomic mass is 35.7. The molecule has 0 bridgehead atoms. The molecule has 0 N–H and O–H groups in total. The minimum atomic E-state index is -4.94. The molecule has 5 nitrogen and oxygen atoms in total. The van der Waals surface area contributed by atoms with E-state index >= 15 is 0 Å².